The molecule has 0 atom stereocenters. The van der Waals surface area contributed by atoms with Crippen molar-refractivity contribution in [3.8, 4) is 22.8 Å². The topological polar surface area (TPSA) is 22.3 Å². The molecule has 1 aliphatic carbocycles. The van der Waals surface area contributed by atoms with Gasteiger partial charge in [-0.1, -0.05) is 84.4 Å². The first-order valence-electron chi connectivity index (χ1n) is 10.6. The number of rotatable bonds is 6. The van der Waals surface area contributed by atoms with E-state index in [0.29, 0.717) is 29.7 Å². The summed E-state index contributed by atoms with van der Waals surface area (Å²) < 4.78 is 14.6. The van der Waals surface area contributed by atoms with Crippen LogP contribution in [-0.4, -0.2) is 0 Å². The number of hydrogen-bond donors (Lipinski definition) is 0. The molecule has 2 aliphatic rings. The second kappa shape index (κ2) is 10.1. The zero-order valence-electron chi connectivity index (χ0n) is 18.2. The molecular formula is C28H23Cl2NO2. The van der Waals surface area contributed by atoms with Crippen molar-refractivity contribution in [1.82, 2.24) is 0 Å². The minimum absolute atomic E-state index is 0. The van der Waals surface area contributed by atoms with Crippen LogP contribution in [0.3, 0.4) is 0 Å². The van der Waals surface area contributed by atoms with Crippen molar-refractivity contribution in [3.63, 3.8) is 0 Å². The minimum atomic E-state index is 0. The molecule has 0 bridgehead atoms. The van der Waals surface area contributed by atoms with Crippen molar-refractivity contribution in [2.24, 2.45) is 7.05 Å². The number of benzene rings is 3. The lowest BCUT2D eigenvalue weighted by Crippen LogP contribution is -3.00. The van der Waals surface area contributed by atoms with Crippen LogP contribution in [0.2, 0.25) is 5.02 Å². The van der Waals surface area contributed by atoms with Crippen LogP contribution in [0, 0.1) is 0 Å². The van der Waals surface area contributed by atoms with Crippen molar-refractivity contribution in [2.75, 3.05) is 0 Å². The molecule has 0 fully saturated rings. The number of ether oxygens (including phenoxy) is 2. The van der Waals surface area contributed by atoms with Crippen LogP contribution in [0.15, 0.2) is 97.1 Å². The van der Waals surface area contributed by atoms with E-state index in [1.54, 1.807) is 0 Å². The fraction of sp³-hybridized carbons (Fsp3) is 0.107. The highest BCUT2D eigenvalue weighted by atomic mass is 35.5. The average Bonchev–Trinajstić information content (AvgIpc) is 3.03. The van der Waals surface area contributed by atoms with E-state index in [1.165, 1.54) is 0 Å². The predicted molar refractivity (Wildman–Crippen MR) is 128 cm³/mol. The third-order valence-electron chi connectivity index (χ3n) is 5.62. The van der Waals surface area contributed by atoms with Gasteiger partial charge >= 0.3 is 0 Å². The van der Waals surface area contributed by atoms with Gasteiger partial charge in [-0.15, -0.1) is 0 Å². The molecule has 3 aromatic carbocycles. The highest BCUT2D eigenvalue weighted by molar-refractivity contribution is 6.33. The van der Waals surface area contributed by atoms with Crippen LogP contribution in [-0.2, 0) is 20.3 Å². The molecule has 33 heavy (non-hydrogen) atoms. The summed E-state index contributed by atoms with van der Waals surface area (Å²) in [7, 11) is 2.03. The summed E-state index contributed by atoms with van der Waals surface area (Å²) in [6.45, 7) is 0.871. The lowest BCUT2D eigenvalue weighted by atomic mass is 10.1. The van der Waals surface area contributed by atoms with Crippen LogP contribution in [0.4, 0.5) is 0 Å². The first-order valence-corrected chi connectivity index (χ1v) is 11.0. The lowest BCUT2D eigenvalue weighted by molar-refractivity contribution is -0.631. The highest BCUT2D eigenvalue weighted by Gasteiger charge is 2.27. The first-order chi connectivity index (χ1) is 15.7. The molecule has 1 aliphatic heterocycles. The second-order valence-electron chi connectivity index (χ2n) is 7.75. The summed E-state index contributed by atoms with van der Waals surface area (Å²) in [5.41, 5.74) is 5.28. The summed E-state index contributed by atoms with van der Waals surface area (Å²) in [5, 5.41) is 1.75. The molecule has 0 unspecified atom stereocenters. The number of aryl methyl sites for hydroxylation is 1. The Bertz CT molecular complexity index is 1340. The number of nitrogens with zero attached hydrogens (tertiary/aromatic N) is 1. The quantitative estimate of drug-likeness (QED) is 0.350. The molecule has 0 saturated carbocycles. The minimum Gasteiger partial charge on any atom is -1.00 e. The van der Waals surface area contributed by atoms with Gasteiger partial charge in [-0.3, -0.25) is 0 Å². The largest absolute Gasteiger partial charge is 1.00 e. The normalized spacial score (nSPS) is 10.7. The molecule has 3 aromatic rings. The van der Waals surface area contributed by atoms with Gasteiger partial charge in [0.25, 0.3) is 0 Å². The van der Waals surface area contributed by atoms with Crippen molar-refractivity contribution in [3.05, 3.63) is 113 Å². The van der Waals surface area contributed by atoms with Crippen LogP contribution in [0.1, 0.15) is 11.1 Å². The van der Waals surface area contributed by atoms with Gasteiger partial charge in [0.15, 0.2) is 11.5 Å². The Morgan fingerprint density at radius 2 is 1.21 bits per heavy atom. The molecule has 0 aromatic heterocycles. The van der Waals surface area contributed by atoms with E-state index >= 15 is 0 Å². The standard InChI is InChI=1S/C28H23ClNO2.ClH/c1-30-25-15-9-8-14-22(25)23-16-26(31-18-20-10-4-2-5-11-20)27(17-24(29)28(23)30)32-19-21-12-6-3-7-13-21;/h2-17H,18-19H2,1H3;1H/q+1;/p-1. The lowest BCUT2D eigenvalue weighted by Gasteiger charge is -2.11. The Morgan fingerprint density at radius 1 is 0.697 bits per heavy atom. The molecule has 0 amide bonds. The van der Waals surface area contributed by atoms with Crippen molar-refractivity contribution in [2.45, 2.75) is 13.2 Å². The van der Waals surface area contributed by atoms with Gasteiger partial charge in [-0.2, -0.15) is 4.57 Å². The summed E-state index contributed by atoms with van der Waals surface area (Å²) in [6.07, 6.45) is 0. The average molecular weight is 476 g/mol. The number of halogens is 2. The smallest absolute Gasteiger partial charge is 0.232 e. The maximum Gasteiger partial charge on any atom is 0.232 e. The first kappa shape index (κ1) is 22.9. The Balaban J connectivity index is 0.00000259. The zero-order chi connectivity index (χ0) is 21.9. The van der Waals surface area contributed by atoms with Gasteiger partial charge in [0.05, 0.1) is 10.9 Å². The van der Waals surface area contributed by atoms with E-state index in [-0.39, 0.29) is 12.4 Å². The van der Waals surface area contributed by atoms with E-state index in [4.69, 9.17) is 21.1 Å². The molecule has 3 nitrogen and oxygen atoms in total. The van der Waals surface area contributed by atoms with Crippen LogP contribution >= 0.6 is 11.6 Å². The van der Waals surface area contributed by atoms with E-state index in [9.17, 15) is 0 Å². The number of hydrogen-bond acceptors (Lipinski definition) is 2. The third-order valence-corrected chi connectivity index (χ3v) is 5.91. The monoisotopic (exact) mass is 475 g/mol. The molecular weight excluding hydrogens is 453 g/mol. The van der Waals surface area contributed by atoms with E-state index in [1.807, 2.05) is 92.0 Å². The van der Waals surface area contributed by atoms with E-state index < -0.39 is 0 Å². The molecule has 5 rings (SSSR count). The molecule has 0 N–H and O–H groups in total. The molecule has 5 heteroatoms. The van der Waals surface area contributed by atoms with Crippen LogP contribution < -0.4 is 26.4 Å². The van der Waals surface area contributed by atoms with E-state index in [2.05, 4.69) is 16.7 Å². The maximum absolute atomic E-state index is 6.84. The van der Waals surface area contributed by atoms with Crippen LogP contribution in [0.5, 0.6) is 11.5 Å². The highest BCUT2D eigenvalue weighted by Crippen LogP contribution is 2.41. The summed E-state index contributed by atoms with van der Waals surface area (Å²) in [6, 6.07) is 32.4. The molecule has 0 saturated heterocycles. The Labute approximate surface area is 204 Å². The Morgan fingerprint density at radius 3 is 1.82 bits per heavy atom. The van der Waals surface area contributed by atoms with Gasteiger partial charge < -0.3 is 21.9 Å². The van der Waals surface area contributed by atoms with Gasteiger partial charge in [-0.05, 0) is 23.3 Å². The SMILES string of the molecule is C[n+]1c2c(Cl)cc(OCc3ccccc3)c(OCc3ccccc3)cc-2c2ccccc21.[Cl-]. The van der Waals surface area contributed by atoms with Crippen LogP contribution in [0.25, 0.3) is 22.2 Å². The fourth-order valence-corrected chi connectivity index (χ4v) is 4.34. The summed E-state index contributed by atoms with van der Waals surface area (Å²) in [4.78, 5) is 0. The summed E-state index contributed by atoms with van der Waals surface area (Å²) >= 11 is 6.84. The molecule has 166 valence electrons. The van der Waals surface area contributed by atoms with E-state index in [0.717, 1.165) is 33.3 Å². The third kappa shape index (κ3) is 4.75. The molecule has 1 heterocycles. The summed E-state index contributed by atoms with van der Waals surface area (Å²) in [5.74, 6) is 1.29. The van der Waals surface area contributed by atoms with Crippen molar-refractivity contribution in [1.29, 1.82) is 0 Å². The van der Waals surface area contributed by atoms with Gasteiger partial charge in [0.2, 0.25) is 11.2 Å². The number of fused-ring (bicyclic) bond motifs is 3. The molecule has 0 spiro atoms. The second-order valence-corrected chi connectivity index (χ2v) is 8.16. The van der Waals surface area contributed by atoms with Gasteiger partial charge in [-0.25, -0.2) is 0 Å². The number of para-hydroxylation sites is 1. The van der Waals surface area contributed by atoms with Gasteiger partial charge in [0, 0.05) is 12.1 Å². The Kier molecular flexibility index (Phi) is 7.02. The zero-order valence-corrected chi connectivity index (χ0v) is 19.7. The Hall–Kier alpha value is -3.27. The number of aromatic nitrogens is 1. The van der Waals surface area contributed by atoms with Crippen molar-refractivity contribution >= 4 is 22.5 Å². The predicted octanol–water partition coefficient (Wildman–Crippen LogP) is 3.58. The molecule has 0 radical (unpaired) electrons. The van der Waals surface area contributed by atoms with Crippen molar-refractivity contribution < 1.29 is 26.4 Å². The van der Waals surface area contributed by atoms with Gasteiger partial charge in [0.1, 0.15) is 25.3 Å². The maximum atomic E-state index is 6.84. The fourth-order valence-electron chi connectivity index (χ4n) is 4.01.